The van der Waals surface area contributed by atoms with Crippen LogP contribution in [0.3, 0.4) is 0 Å². The lowest BCUT2D eigenvalue weighted by atomic mass is 9.83. The smallest absolute Gasteiger partial charge is 0.307 e. The fourth-order valence-corrected chi connectivity index (χ4v) is 21.6. The minimum atomic E-state index is -4.40. The van der Waals surface area contributed by atoms with Crippen LogP contribution in [0.1, 0.15) is 170 Å². The number of ether oxygens (including phenoxy) is 5. The number of unbranched alkanes of at least 4 members (excludes halogenated alkanes) is 2. The zero-order valence-electron chi connectivity index (χ0n) is 72.9. The van der Waals surface area contributed by atoms with E-state index in [1.54, 1.807) is 82.8 Å². The highest BCUT2D eigenvalue weighted by Crippen LogP contribution is 2.43. The number of carboxylic acids is 1. The van der Waals surface area contributed by atoms with E-state index in [9.17, 15) is 69.6 Å². The van der Waals surface area contributed by atoms with Crippen LogP contribution >= 0.6 is 23.5 Å². The number of likely N-dealkylation sites (tertiary alicyclic amines) is 1. The first-order valence-corrected chi connectivity index (χ1v) is 47.4. The number of Topliss-reactive ketones (excluding diaryl/α,β-unsaturated/α-hetero) is 2. The number of thioether (sulfide) groups is 2. The van der Waals surface area contributed by atoms with Crippen LogP contribution in [0.4, 0.5) is 11.4 Å². The molecule has 0 spiro atoms. The summed E-state index contributed by atoms with van der Waals surface area (Å²) in [7, 11) is 2.24. The predicted molar refractivity (Wildman–Crippen MR) is 465 cm³/mol. The van der Waals surface area contributed by atoms with Crippen molar-refractivity contribution in [3.63, 3.8) is 0 Å². The van der Waals surface area contributed by atoms with Gasteiger partial charge in [-0.25, -0.2) is 10.0 Å². The van der Waals surface area contributed by atoms with Crippen LogP contribution in [0, 0.1) is 54.3 Å². The Morgan fingerprint density at radius 2 is 1.31 bits per heavy atom. The number of benzene rings is 3. The van der Waals surface area contributed by atoms with E-state index in [1.807, 2.05) is 79.6 Å². The second-order valence-corrected chi connectivity index (χ2v) is 39.7. The van der Waals surface area contributed by atoms with Crippen molar-refractivity contribution in [3.05, 3.63) is 99.3 Å². The van der Waals surface area contributed by atoms with E-state index in [2.05, 4.69) is 10.6 Å². The number of likely N-dealkylation sites (N-methyl/N-ethyl adjacent to an activating group) is 2. The number of nitrogens with one attached hydrogen (secondary N) is 2. The lowest BCUT2D eigenvalue weighted by Crippen LogP contribution is -2.54. The van der Waals surface area contributed by atoms with E-state index in [-0.39, 0.29) is 154 Å². The molecule has 3 fully saturated rings. The summed E-state index contributed by atoms with van der Waals surface area (Å²) in [5, 5.41) is 22.2. The first kappa shape index (κ1) is 97.0. The van der Waals surface area contributed by atoms with Crippen LogP contribution in [0.5, 0.6) is 17.2 Å². The Morgan fingerprint density at radius 1 is 0.702 bits per heavy atom. The third-order valence-corrected chi connectivity index (χ3v) is 28.9. The van der Waals surface area contributed by atoms with E-state index in [0.29, 0.717) is 103 Å². The van der Waals surface area contributed by atoms with Gasteiger partial charge >= 0.3 is 5.97 Å². The predicted octanol–water partition coefficient (Wildman–Crippen LogP) is 10.3. The molecule has 0 aromatic heterocycles. The fraction of sp³-hybridized carbons (Fsp3) is 0.644. The molecule has 3 aromatic carbocycles. The van der Waals surface area contributed by atoms with Gasteiger partial charge in [-0.1, -0.05) is 86.1 Å². The summed E-state index contributed by atoms with van der Waals surface area (Å²) in [5.41, 5.74) is 3.16. The second kappa shape index (κ2) is 43.7. The van der Waals surface area contributed by atoms with Crippen molar-refractivity contribution in [3.8, 4) is 17.2 Å². The maximum absolute atomic E-state index is 14.8. The van der Waals surface area contributed by atoms with Gasteiger partial charge in [-0.3, -0.25) is 56.8 Å². The number of hydrogen-bond donors (Lipinski definition) is 4. The van der Waals surface area contributed by atoms with E-state index in [1.165, 1.54) is 71.9 Å². The molecule has 3 saturated heterocycles. The topological polar surface area (TPSA) is 364 Å². The van der Waals surface area contributed by atoms with Crippen molar-refractivity contribution in [1.82, 2.24) is 34.5 Å². The van der Waals surface area contributed by atoms with Crippen LogP contribution < -0.4 is 24.8 Å². The number of anilines is 2. The van der Waals surface area contributed by atoms with E-state index < -0.39 is 115 Å². The van der Waals surface area contributed by atoms with Crippen LogP contribution in [-0.2, 0) is 80.3 Å². The molecule has 4 N–H and O–H groups in total. The monoisotopic (exact) mass is 1760 g/mol. The summed E-state index contributed by atoms with van der Waals surface area (Å²) in [6.07, 6.45) is 5.98. The van der Waals surface area contributed by atoms with Gasteiger partial charge in [-0.05, 0) is 154 Å². The molecule has 6 unspecified atom stereocenters. The maximum Gasteiger partial charge on any atom is 0.307 e. The standard InChI is InChI=1S/C87H127N9O21S4/c1-17-55(7)81(91(12)84(102)62(52(2)3)43-72(98)80(53(4)5)90(10)11)76(113-14)47-79(101)92-31-21-22-68(92)82(114-15)57(9)71(97)42-61(87(105)106)40-59-25-23-58(24-26-59)27-32-95-77(99)29-36-118-51-119-37-30-78(100)96(95)33-28-60-41-70-83(121(110,111)115-16)89-66-45-73(56(8)39-63(66)85(103)94(70)49-60)116-34-19-18-20-35-117-75-46-65-64(44-74(75)112-13)86(104)93-48-54(6)38-69(93)67(88-65)50-120(107,108)109/h23-26,29-30,36-37,39,44-46,52-55,57,60-62,67-70,76,80-83,88-89H,17-22,27-28,31-35,38,40-43,47-51H2,1-16H3,(H,105,106)(H,107,108,109)/t54?,55?,57-,60?,61+,62-,67?,68-,69-,70-,76?,80-,81-,82+,83?/m0/s1. The molecule has 30 nitrogen and oxygen atoms in total. The highest BCUT2D eigenvalue weighted by Gasteiger charge is 2.50. The summed E-state index contributed by atoms with van der Waals surface area (Å²) in [4.78, 5) is 136. The molecule has 6 heterocycles. The quantitative estimate of drug-likeness (QED) is 0.0233. The molecule has 6 aliphatic heterocycles. The number of hydrogen-bond acceptors (Lipinski definition) is 24. The number of fused-ring (bicyclic) bond motifs is 4. The molecule has 0 radical (unpaired) electrons. The average Bonchev–Trinajstić information content (AvgIpc) is 1.66. The number of nitrogens with zero attached hydrogens (tertiary/aromatic N) is 7. The second-order valence-electron chi connectivity index (χ2n) is 34.2. The van der Waals surface area contributed by atoms with Gasteiger partial charge in [-0.15, -0.1) is 23.5 Å². The SMILES string of the molecule is CCC(C)[C@@H](C(CC(=O)N1CCC[C@H]1[C@H](OC)[C@@H](C)C(=O)C[C@@H](Cc1ccc(CCN2C(=O)C=CSCSC=CC(=O)N2CCC2C[C@H]3C(S(=O)(=O)OC)Nc4cc(OCCCCCOc5cc6c(cc5OC)C(=O)N5CC(C)C[C@H]5C(CS(=O)(=O)O)N6)c(C)cc4C(=O)N3C2)cc1)C(=O)O)OC)N(C)C(=O)[C@@H](CC(=O)[C@H](C(C)C)N(C)C)C(C)C. The normalized spacial score (nSPS) is 22.3. The number of carbonyl (C=O) groups is 9. The van der Waals surface area contributed by atoms with Crippen LogP contribution in [0.2, 0.25) is 0 Å². The van der Waals surface area contributed by atoms with Gasteiger partial charge in [0.1, 0.15) is 11.5 Å². The number of aryl methyl sites for hydroxylation is 1. The Balaban J connectivity index is 0.798. The van der Waals surface area contributed by atoms with E-state index in [4.69, 9.17) is 27.9 Å². The minimum absolute atomic E-state index is 0.00366. The van der Waals surface area contributed by atoms with Crippen molar-refractivity contribution < 1.29 is 97.5 Å². The first-order valence-electron chi connectivity index (χ1n) is 42.2. The first-order chi connectivity index (χ1) is 57.3. The molecule has 0 saturated carbocycles. The number of hydrazine groups is 1. The zero-order chi connectivity index (χ0) is 88.6. The molecule has 34 heteroatoms. The molecule has 6 amide bonds. The summed E-state index contributed by atoms with van der Waals surface area (Å²) < 4.78 is 97.6. The highest BCUT2D eigenvalue weighted by molar-refractivity contribution is 8.18. The molecule has 0 aliphatic carbocycles. The fourth-order valence-electron chi connectivity index (χ4n) is 18.4. The summed E-state index contributed by atoms with van der Waals surface area (Å²) in [6.45, 7) is 18.9. The van der Waals surface area contributed by atoms with Crippen molar-refractivity contribution in [1.29, 1.82) is 0 Å². The minimum Gasteiger partial charge on any atom is -0.493 e. The third-order valence-electron chi connectivity index (χ3n) is 24.9. The highest BCUT2D eigenvalue weighted by atomic mass is 32.2. The number of ketones is 2. The van der Waals surface area contributed by atoms with Crippen LogP contribution in [0.25, 0.3) is 0 Å². The number of methoxy groups -OCH3 is 3. The van der Waals surface area contributed by atoms with Crippen molar-refractivity contribution in [2.45, 2.75) is 206 Å². The van der Waals surface area contributed by atoms with Gasteiger partial charge in [0.05, 0.1) is 116 Å². The summed E-state index contributed by atoms with van der Waals surface area (Å²) >= 11 is 2.77. The Bertz CT molecular complexity index is 4450. The summed E-state index contributed by atoms with van der Waals surface area (Å²) in [5.74, 6) is -5.99. The number of amides is 6. The number of carboxylic acid groups (broad SMARTS) is 1. The number of carbonyl (C=O) groups excluding carboxylic acids is 8. The summed E-state index contributed by atoms with van der Waals surface area (Å²) in [6, 6.07) is 10.2. The van der Waals surface area contributed by atoms with Gasteiger partial charge in [0.2, 0.25) is 11.8 Å². The Hall–Kier alpha value is -7.83. The molecular formula is C87H127N9O21S4. The molecule has 3 aromatic rings. The zero-order valence-corrected chi connectivity index (χ0v) is 76.2. The molecule has 0 bridgehead atoms. The van der Waals surface area contributed by atoms with Gasteiger partial charge in [-0.2, -0.15) is 16.8 Å². The largest absolute Gasteiger partial charge is 0.493 e. The number of rotatable bonds is 42. The van der Waals surface area contributed by atoms with E-state index >= 15 is 0 Å². The van der Waals surface area contributed by atoms with Gasteiger partial charge in [0.25, 0.3) is 43.9 Å². The van der Waals surface area contributed by atoms with Crippen molar-refractivity contribution >= 4 is 108 Å². The van der Waals surface area contributed by atoms with Crippen LogP contribution in [0.15, 0.2) is 71.5 Å². The maximum atomic E-state index is 14.8. The van der Waals surface area contributed by atoms with Gasteiger partial charge in [0.15, 0.2) is 22.7 Å². The average molecular weight is 1760 g/mol. The molecule has 670 valence electrons. The van der Waals surface area contributed by atoms with Gasteiger partial charge < -0.3 is 59.0 Å². The molecular weight excluding hydrogens is 1640 g/mol. The Kier molecular flexibility index (Phi) is 35.0. The number of aliphatic carboxylic acids is 1. The third kappa shape index (κ3) is 24.4. The molecule has 121 heavy (non-hydrogen) atoms. The van der Waals surface area contributed by atoms with Gasteiger partial charge in [0, 0.05) is 108 Å². The lowest BCUT2D eigenvalue weighted by molar-refractivity contribution is -0.157. The van der Waals surface area contributed by atoms with Crippen LogP contribution in [-0.4, -0.2) is 274 Å². The Morgan fingerprint density at radius 3 is 1.90 bits per heavy atom. The molecule has 6 aliphatic rings. The van der Waals surface area contributed by atoms with Crippen molar-refractivity contribution in [2.24, 2.45) is 47.3 Å². The molecule has 15 atom stereocenters. The lowest BCUT2D eigenvalue weighted by Gasteiger charge is -2.41. The van der Waals surface area contributed by atoms with E-state index in [0.717, 1.165) is 12.7 Å². The van der Waals surface area contributed by atoms with Crippen molar-refractivity contribution in [2.75, 3.05) is 117 Å². The molecule has 9 rings (SSSR count). The Labute approximate surface area is 722 Å².